The van der Waals surface area contributed by atoms with E-state index >= 15 is 0 Å². The summed E-state index contributed by atoms with van der Waals surface area (Å²) in [5, 5.41) is 4.05. The maximum absolute atomic E-state index is 12.9. The summed E-state index contributed by atoms with van der Waals surface area (Å²) in [5.74, 6) is 1.02. The van der Waals surface area contributed by atoms with E-state index in [0.29, 0.717) is 24.7 Å². The zero-order valence-electron chi connectivity index (χ0n) is 14.9. The third-order valence-electron chi connectivity index (χ3n) is 4.78. The number of aromatic nitrogens is 2. The van der Waals surface area contributed by atoms with Gasteiger partial charge >= 0.3 is 0 Å². The van der Waals surface area contributed by atoms with E-state index in [9.17, 15) is 8.42 Å². The van der Waals surface area contributed by atoms with Gasteiger partial charge in [0.15, 0.2) is 5.82 Å². The molecule has 2 heterocycles. The third kappa shape index (κ3) is 4.09. The fourth-order valence-electron chi connectivity index (χ4n) is 3.49. The summed E-state index contributed by atoms with van der Waals surface area (Å²) < 4.78 is 32.7. The highest BCUT2D eigenvalue weighted by atomic mass is 32.2. The van der Waals surface area contributed by atoms with Crippen LogP contribution in [0.3, 0.4) is 0 Å². The molecule has 140 valence electrons. The van der Waals surface area contributed by atoms with Crippen molar-refractivity contribution in [2.24, 2.45) is 0 Å². The summed E-state index contributed by atoms with van der Waals surface area (Å²) in [6, 6.07) is 18.7. The van der Waals surface area contributed by atoms with Crippen molar-refractivity contribution in [3.63, 3.8) is 0 Å². The van der Waals surface area contributed by atoms with Gasteiger partial charge in [-0.05, 0) is 30.5 Å². The van der Waals surface area contributed by atoms with Gasteiger partial charge in [-0.3, -0.25) is 0 Å². The number of rotatable bonds is 6. The van der Waals surface area contributed by atoms with Crippen molar-refractivity contribution in [2.75, 3.05) is 6.54 Å². The van der Waals surface area contributed by atoms with Crippen molar-refractivity contribution in [1.29, 1.82) is 0 Å². The predicted octanol–water partition coefficient (Wildman–Crippen LogP) is 3.27. The molecule has 0 radical (unpaired) electrons. The van der Waals surface area contributed by atoms with Crippen LogP contribution in [0.4, 0.5) is 0 Å². The Balaban J connectivity index is 1.48. The maximum atomic E-state index is 12.9. The van der Waals surface area contributed by atoms with Crippen molar-refractivity contribution in [3.8, 4) is 11.5 Å². The summed E-state index contributed by atoms with van der Waals surface area (Å²) in [4.78, 5) is 4.45. The van der Waals surface area contributed by atoms with E-state index in [1.807, 2.05) is 60.7 Å². The molecule has 1 fully saturated rings. The van der Waals surface area contributed by atoms with Crippen LogP contribution in [0, 0.1) is 0 Å². The average Bonchev–Trinajstić information content (AvgIpc) is 3.33. The Morgan fingerprint density at radius 3 is 2.48 bits per heavy atom. The molecule has 1 saturated heterocycles. The number of hydrogen-bond donors (Lipinski definition) is 0. The van der Waals surface area contributed by atoms with Gasteiger partial charge in [0, 0.05) is 24.6 Å². The average molecular weight is 383 g/mol. The molecule has 0 amide bonds. The van der Waals surface area contributed by atoms with Crippen LogP contribution in [0.5, 0.6) is 0 Å². The highest BCUT2D eigenvalue weighted by Crippen LogP contribution is 2.26. The number of benzene rings is 2. The van der Waals surface area contributed by atoms with Gasteiger partial charge in [0.2, 0.25) is 10.0 Å². The van der Waals surface area contributed by atoms with Crippen LogP contribution in [0.25, 0.3) is 11.5 Å². The van der Waals surface area contributed by atoms with Gasteiger partial charge in [0.25, 0.3) is 5.89 Å². The lowest BCUT2D eigenvalue weighted by molar-refractivity contribution is 0.369. The zero-order chi connectivity index (χ0) is 18.7. The van der Waals surface area contributed by atoms with E-state index in [-0.39, 0.29) is 11.8 Å². The van der Waals surface area contributed by atoms with E-state index in [0.717, 1.165) is 24.0 Å². The molecule has 0 aliphatic carbocycles. The molecule has 1 atom stereocenters. The van der Waals surface area contributed by atoms with Crippen molar-refractivity contribution < 1.29 is 12.9 Å². The molecular weight excluding hydrogens is 362 g/mol. The van der Waals surface area contributed by atoms with Crippen LogP contribution in [0.2, 0.25) is 0 Å². The van der Waals surface area contributed by atoms with Gasteiger partial charge in [-0.1, -0.05) is 53.7 Å². The van der Waals surface area contributed by atoms with Crippen LogP contribution in [-0.2, 0) is 22.2 Å². The lowest BCUT2D eigenvalue weighted by Crippen LogP contribution is -2.37. The molecule has 0 N–H and O–H groups in total. The molecular formula is C20H21N3O3S. The largest absolute Gasteiger partial charge is 0.334 e. The Hall–Kier alpha value is -2.51. The molecule has 0 spiro atoms. The molecule has 7 heteroatoms. The molecule has 1 aromatic heterocycles. The van der Waals surface area contributed by atoms with E-state index < -0.39 is 10.0 Å². The van der Waals surface area contributed by atoms with Gasteiger partial charge in [-0.25, -0.2) is 8.42 Å². The molecule has 4 rings (SSSR count). The fraction of sp³-hybridized carbons (Fsp3) is 0.300. The Bertz CT molecular complexity index is 988. The van der Waals surface area contributed by atoms with Gasteiger partial charge < -0.3 is 4.52 Å². The Kier molecular flexibility index (Phi) is 5.05. The second-order valence-electron chi connectivity index (χ2n) is 6.73. The number of hydrogen-bond acceptors (Lipinski definition) is 5. The minimum absolute atomic E-state index is 0.0197. The molecule has 3 aromatic rings. The van der Waals surface area contributed by atoms with E-state index in [4.69, 9.17) is 4.52 Å². The fourth-order valence-corrected chi connectivity index (χ4v) is 5.31. The molecule has 0 bridgehead atoms. The van der Waals surface area contributed by atoms with Crippen LogP contribution >= 0.6 is 0 Å². The lowest BCUT2D eigenvalue weighted by atomic mass is 10.1. The van der Waals surface area contributed by atoms with E-state index in [1.54, 1.807) is 4.31 Å². The van der Waals surface area contributed by atoms with Gasteiger partial charge in [0.1, 0.15) is 0 Å². The highest BCUT2D eigenvalue weighted by Gasteiger charge is 2.35. The van der Waals surface area contributed by atoms with Crippen LogP contribution in [-0.4, -0.2) is 35.5 Å². The maximum Gasteiger partial charge on any atom is 0.257 e. The molecule has 6 nitrogen and oxygen atoms in total. The first-order valence-electron chi connectivity index (χ1n) is 9.03. The van der Waals surface area contributed by atoms with Crippen LogP contribution < -0.4 is 0 Å². The zero-order valence-corrected chi connectivity index (χ0v) is 15.7. The summed E-state index contributed by atoms with van der Waals surface area (Å²) >= 11 is 0. The normalized spacial score (nSPS) is 18.0. The van der Waals surface area contributed by atoms with E-state index in [2.05, 4.69) is 10.1 Å². The third-order valence-corrected chi connectivity index (χ3v) is 6.67. The highest BCUT2D eigenvalue weighted by molar-refractivity contribution is 7.88. The van der Waals surface area contributed by atoms with Crippen LogP contribution in [0.1, 0.15) is 24.2 Å². The number of sulfonamides is 1. The first kappa shape index (κ1) is 17.9. The second-order valence-corrected chi connectivity index (χ2v) is 8.66. The molecule has 1 aliphatic heterocycles. The Morgan fingerprint density at radius 1 is 1.04 bits per heavy atom. The summed E-state index contributed by atoms with van der Waals surface area (Å²) in [6.07, 6.45) is 2.12. The first-order chi connectivity index (χ1) is 13.1. The molecule has 0 saturated carbocycles. The van der Waals surface area contributed by atoms with Crippen molar-refractivity contribution in [2.45, 2.75) is 31.1 Å². The topological polar surface area (TPSA) is 76.3 Å². The standard InChI is InChI=1S/C20H21N3O3S/c24-27(25,15-16-8-3-1-4-9-16)23-13-7-12-18(23)14-19-21-20(26-22-19)17-10-5-2-6-11-17/h1-6,8-11,18H,7,12-15H2. The molecule has 1 aliphatic rings. The minimum atomic E-state index is -3.38. The predicted molar refractivity (Wildman–Crippen MR) is 102 cm³/mol. The monoisotopic (exact) mass is 383 g/mol. The molecule has 27 heavy (non-hydrogen) atoms. The summed E-state index contributed by atoms with van der Waals surface area (Å²) in [5.41, 5.74) is 1.66. The van der Waals surface area contributed by atoms with Crippen molar-refractivity contribution in [1.82, 2.24) is 14.4 Å². The second kappa shape index (κ2) is 7.62. The molecule has 2 aromatic carbocycles. The Morgan fingerprint density at radius 2 is 1.74 bits per heavy atom. The number of nitrogens with zero attached hydrogens (tertiary/aromatic N) is 3. The van der Waals surface area contributed by atoms with Gasteiger partial charge in [-0.2, -0.15) is 9.29 Å². The van der Waals surface area contributed by atoms with Crippen molar-refractivity contribution >= 4 is 10.0 Å². The summed E-state index contributed by atoms with van der Waals surface area (Å²) in [6.45, 7) is 0.545. The SMILES string of the molecule is O=S(=O)(Cc1ccccc1)N1CCCC1Cc1noc(-c2ccccc2)n1. The first-order valence-corrected chi connectivity index (χ1v) is 10.6. The quantitative estimate of drug-likeness (QED) is 0.653. The molecule has 1 unspecified atom stereocenters. The Labute approximate surface area is 158 Å². The van der Waals surface area contributed by atoms with Crippen molar-refractivity contribution in [3.05, 3.63) is 72.1 Å². The minimum Gasteiger partial charge on any atom is -0.334 e. The van der Waals surface area contributed by atoms with E-state index in [1.165, 1.54) is 0 Å². The van der Waals surface area contributed by atoms with Gasteiger partial charge in [0.05, 0.1) is 5.75 Å². The summed E-state index contributed by atoms with van der Waals surface area (Å²) in [7, 11) is -3.38. The van der Waals surface area contributed by atoms with Crippen LogP contribution in [0.15, 0.2) is 65.2 Å². The lowest BCUT2D eigenvalue weighted by Gasteiger charge is -2.23. The smallest absolute Gasteiger partial charge is 0.257 e. The van der Waals surface area contributed by atoms with Gasteiger partial charge in [-0.15, -0.1) is 0 Å².